The van der Waals surface area contributed by atoms with Crippen LogP contribution in [-0.4, -0.2) is 88.7 Å². The number of ether oxygens (including phenoxy) is 3. The molecule has 0 aromatic heterocycles. The first kappa shape index (κ1) is 81.5. The van der Waals surface area contributed by atoms with Crippen molar-refractivity contribution in [2.75, 3.05) is 72.4 Å². The van der Waals surface area contributed by atoms with Crippen LogP contribution in [0.4, 0.5) is 0 Å². The molecule has 1 aliphatic heterocycles. The summed E-state index contributed by atoms with van der Waals surface area (Å²) >= 11 is 0. The molecule has 0 bridgehead atoms. The first-order valence-electron chi connectivity index (χ1n) is 39.4. The molecule has 502 valence electrons. The molecule has 0 radical (unpaired) electrons. The van der Waals surface area contributed by atoms with E-state index in [2.05, 4.69) is 33.0 Å². The quantitative estimate of drug-likeness (QED) is 0.0486. The maximum absolute atomic E-state index is 14.8. The number of unbranched alkanes of at least 4 members (excludes halogenated alkanes) is 48. The maximum atomic E-state index is 14.8. The Hall–Kier alpha value is -0.530. The van der Waals surface area contributed by atoms with Crippen LogP contribution in [0.5, 0.6) is 0 Å². The Morgan fingerprint density at radius 1 is 0.321 bits per heavy atom. The van der Waals surface area contributed by atoms with Crippen LogP contribution in [0.3, 0.4) is 0 Å². The van der Waals surface area contributed by atoms with Crippen LogP contribution in [0.2, 0.25) is 0 Å². The number of carbonyl (C=O) groups excluding carboxylic acids is 1. The van der Waals surface area contributed by atoms with Crippen molar-refractivity contribution in [3.8, 4) is 0 Å². The van der Waals surface area contributed by atoms with Crippen molar-refractivity contribution in [3.05, 3.63) is 0 Å². The minimum Gasteiger partial charge on any atom is -0.381 e. The highest BCUT2D eigenvalue weighted by Crippen LogP contribution is 2.24. The van der Waals surface area contributed by atoms with E-state index in [1.54, 1.807) is 0 Å². The highest BCUT2D eigenvalue weighted by Gasteiger charge is 2.34. The molecule has 1 fully saturated rings. The van der Waals surface area contributed by atoms with Gasteiger partial charge in [-0.3, -0.25) is 4.79 Å². The Morgan fingerprint density at radius 2 is 0.571 bits per heavy atom. The zero-order valence-electron chi connectivity index (χ0n) is 58.4. The van der Waals surface area contributed by atoms with Gasteiger partial charge in [-0.25, -0.2) is 0 Å². The number of ketones is 1. The summed E-state index contributed by atoms with van der Waals surface area (Å²) in [4.78, 5) is 14.8. The average molecular weight is 1190 g/mol. The predicted molar refractivity (Wildman–Crippen MR) is 372 cm³/mol. The highest BCUT2D eigenvalue weighted by atomic mass is 16.5. The molecule has 0 aliphatic carbocycles. The number of hydrogen-bond acceptors (Lipinski definition) is 5. The number of Topliss-reactive ketones (excluding diaryl/α,β-unsaturated/α-hetero) is 1. The van der Waals surface area contributed by atoms with Crippen LogP contribution in [0, 0.1) is 5.92 Å². The molecule has 6 heteroatoms. The van der Waals surface area contributed by atoms with Crippen molar-refractivity contribution in [1.29, 1.82) is 0 Å². The summed E-state index contributed by atoms with van der Waals surface area (Å²) in [5.41, 5.74) is 0. The molecule has 1 rings (SSSR count). The van der Waals surface area contributed by atoms with E-state index in [4.69, 9.17) is 14.2 Å². The fraction of sp³-hybridized carbons (Fsp3) is 0.987. The lowest BCUT2D eigenvalue weighted by Crippen LogP contribution is -2.56. The normalized spacial score (nSPS) is 15.2. The average Bonchev–Trinajstić information content (AvgIpc) is 3.76. The van der Waals surface area contributed by atoms with Gasteiger partial charge in [0.15, 0.2) is 0 Å². The van der Waals surface area contributed by atoms with Gasteiger partial charge in [0.2, 0.25) is 5.78 Å². The summed E-state index contributed by atoms with van der Waals surface area (Å²) in [6.45, 7) is 19.5. The number of hydrogen-bond donors (Lipinski definition) is 1. The molecule has 1 N–H and O–H groups in total. The van der Waals surface area contributed by atoms with E-state index in [1.165, 1.54) is 340 Å². The Morgan fingerprint density at radius 3 is 0.833 bits per heavy atom. The second-order valence-corrected chi connectivity index (χ2v) is 27.9. The first-order chi connectivity index (χ1) is 41.6. The molecule has 2 atom stereocenters. The summed E-state index contributed by atoms with van der Waals surface area (Å²) in [5, 5.41) is 3.82. The molecule has 1 saturated heterocycles. The van der Waals surface area contributed by atoms with Crippen molar-refractivity contribution in [3.63, 3.8) is 0 Å². The summed E-state index contributed by atoms with van der Waals surface area (Å²) in [5.74, 6) is 1.13. The molecule has 0 amide bonds. The Kier molecular flexibility index (Phi) is 66.3. The van der Waals surface area contributed by atoms with E-state index >= 15 is 0 Å². The largest absolute Gasteiger partial charge is 0.381 e. The van der Waals surface area contributed by atoms with E-state index in [0.717, 1.165) is 115 Å². The van der Waals surface area contributed by atoms with Gasteiger partial charge in [-0.2, -0.15) is 0 Å². The standard InChI is InChI=1S/C78H157N2O4/c1-5-9-12-15-18-21-24-27-30-33-36-39-42-45-48-57-68-82-71-60-54-65-80(75-78(81)77-74-76(8-4)63-52-51-53-64-79-77,66-55-61-72-83-69-58-49-46-43-40-37-34-31-28-25-22-19-16-13-10-6-2)67-56-62-73-84-70-59-50-47-44-41-38-35-32-29-26-23-20-17-14-11-7-3/h76-77,79H,5-75H2,1-4H3/q+1. The van der Waals surface area contributed by atoms with Gasteiger partial charge >= 0.3 is 0 Å². The molecular weight excluding hydrogens is 1030 g/mol. The SMILES string of the molecule is CCCCCCCCCCCCCCCCCCOCCCC[N+](CCCCOCCCCCCCCCCCCCCCCCC)(CCCCOCCCCCCCCCCCCCCCCCC)CC(=O)C1CC(CC)CCCCCN1. The maximum Gasteiger partial charge on any atom is 0.203 e. The smallest absolute Gasteiger partial charge is 0.203 e. The molecular formula is C78H157N2O4+. The van der Waals surface area contributed by atoms with Crippen molar-refractivity contribution >= 4 is 5.78 Å². The van der Waals surface area contributed by atoms with Gasteiger partial charge < -0.3 is 24.0 Å². The first-order valence-corrected chi connectivity index (χ1v) is 39.4. The zero-order chi connectivity index (χ0) is 60.3. The van der Waals surface area contributed by atoms with E-state index in [1.807, 2.05) is 0 Å². The van der Waals surface area contributed by atoms with Crippen LogP contribution in [-0.2, 0) is 19.0 Å². The molecule has 0 aromatic rings. The van der Waals surface area contributed by atoms with Crippen LogP contribution in [0.15, 0.2) is 0 Å². The van der Waals surface area contributed by atoms with E-state index in [-0.39, 0.29) is 6.04 Å². The molecule has 0 saturated carbocycles. The summed E-state index contributed by atoms with van der Waals surface area (Å²) in [7, 11) is 0. The summed E-state index contributed by atoms with van der Waals surface area (Å²) in [6.07, 6.45) is 81.3. The summed E-state index contributed by atoms with van der Waals surface area (Å²) < 4.78 is 19.8. The Labute approximate surface area is 529 Å². The van der Waals surface area contributed by atoms with E-state index < -0.39 is 0 Å². The van der Waals surface area contributed by atoms with Gasteiger partial charge in [0.25, 0.3) is 0 Å². The molecule has 1 heterocycles. The lowest BCUT2D eigenvalue weighted by Gasteiger charge is -2.40. The second-order valence-electron chi connectivity index (χ2n) is 27.9. The van der Waals surface area contributed by atoms with Gasteiger partial charge in [-0.15, -0.1) is 0 Å². The topological polar surface area (TPSA) is 56.8 Å². The lowest BCUT2D eigenvalue weighted by atomic mass is 9.90. The van der Waals surface area contributed by atoms with Gasteiger partial charge in [0.1, 0.15) is 6.54 Å². The third-order valence-electron chi connectivity index (χ3n) is 19.6. The third kappa shape index (κ3) is 57.9. The molecule has 0 aromatic carbocycles. The molecule has 6 nitrogen and oxygen atoms in total. The Balaban J connectivity index is 2.63. The lowest BCUT2D eigenvalue weighted by molar-refractivity contribution is -0.921. The van der Waals surface area contributed by atoms with Crippen LogP contribution >= 0.6 is 0 Å². The van der Waals surface area contributed by atoms with Gasteiger partial charge in [-0.05, 0) is 83.1 Å². The highest BCUT2D eigenvalue weighted by molar-refractivity contribution is 5.85. The molecule has 0 spiro atoms. The monoisotopic (exact) mass is 1190 g/mol. The fourth-order valence-corrected chi connectivity index (χ4v) is 13.7. The Bertz CT molecular complexity index is 1130. The van der Waals surface area contributed by atoms with Crippen LogP contribution < -0.4 is 5.32 Å². The van der Waals surface area contributed by atoms with Gasteiger partial charge in [0, 0.05) is 39.6 Å². The number of quaternary nitrogens is 1. The van der Waals surface area contributed by atoms with E-state index in [0.29, 0.717) is 18.2 Å². The minimum absolute atomic E-state index is 0.000280. The van der Waals surface area contributed by atoms with Crippen molar-refractivity contribution in [2.24, 2.45) is 5.92 Å². The third-order valence-corrected chi connectivity index (χ3v) is 19.6. The predicted octanol–water partition coefficient (Wildman–Crippen LogP) is 24.5. The van der Waals surface area contributed by atoms with Crippen LogP contribution in [0.25, 0.3) is 0 Å². The van der Waals surface area contributed by atoms with Crippen molar-refractivity contribution in [1.82, 2.24) is 5.32 Å². The molecule has 84 heavy (non-hydrogen) atoms. The summed E-state index contributed by atoms with van der Waals surface area (Å²) in [6, 6.07) is -0.000280. The molecule has 1 aliphatic rings. The van der Waals surface area contributed by atoms with Gasteiger partial charge in [0.05, 0.1) is 25.7 Å². The van der Waals surface area contributed by atoms with Crippen molar-refractivity contribution in [2.45, 2.75) is 419 Å². The second kappa shape index (κ2) is 68.4. The van der Waals surface area contributed by atoms with Gasteiger partial charge in [-0.1, -0.05) is 342 Å². The fourth-order valence-electron chi connectivity index (χ4n) is 13.7. The number of nitrogens with one attached hydrogen (secondary N) is 1. The zero-order valence-corrected chi connectivity index (χ0v) is 58.4. The molecule has 2 unspecified atom stereocenters. The number of rotatable bonds is 70. The number of nitrogens with zero attached hydrogens (tertiary/aromatic N) is 1. The van der Waals surface area contributed by atoms with E-state index in [9.17, 15) is 4.79 Å². The van der Waals surface area contributed by atoms with Crippen molar-refractivity contribution < 1.29 is 23.5 Å². The minimum atomic E-state index is -0.000280. The van der Waals surface area contributed by atoms with Crippen LogP contribution in [0.1, 0.15) is 413 Å². The number of carbonyl (C=O) groups is 1.